The average molecular weight is 390 g/mol. The van der Waals surface area contributed by atoms with Gasteiger partial charge in [-0.1, -0.05) is 6.42 Å². The van der Waals surface area contributed by atoms with E-state index in [-0.39, 0.29) is 11.9 Å². The molecule has 2 aromatic heterocycles. The maximum absolute atomic E-state index is 12.6. The molecule has 0 spiro atoms. The lowest BCUT2D eigenvalue weighted by Crippen LogP contribution is -2.41. The van der Waals surface area contributed by atoms with Crippen LogP contribution in [-0.4, -0.2) is 62.6 Å². The summed E-state index contributed by atoms with van der Waals surface area (Å²) in [5.41, 5.74) is 0.543. The van der Waals surface area contributed by atoms with Gasteiger partial charge >= 0.3 is 0 Å². The fourth-order valence-corrected chi connectivity index (χ4v) is 4.95. The van der Waals surface area contributed by atoms with Gasteiger partial charge in [0.15, 0.2) is 11.6 Å². The lowest BCUT2D eigenvalue weighted by Gasteiger charge is -2.34. The van der Waals surface area contributed by atoms with Crippen LogP contribution in [0, 0.1) is 0 Å². The SMILES string of the molecule is CS(=O)(=O)N1CCCCC1c1nnc2n1CCN(C(=O)c1cccnc1)C2. The van der Waals surface area contributed by atoms with Crippen molar-refractivity contribution in [2.24, 2.45) is 0 Å². The van der Waals surface area contributed by atoms with Crippen LogP contribution in [0.5, 0.6) is 0 Å². The third-order valence-electron chi connectivity index (χ3n) is 5.16. The number of fused-ring (bicyclic) bond motifs is 1. The zero-order valence-electron chi connectivity index (χ0n) is 15.2. The maximum atomic E-state index is 12.6. The van der Waals surface area contributed by atoms with Gasteiger partial charge in [0.1, 0.15) is 0 Å². The predicted octanol–water partition coefficient (Wildman–Crippen LogP) is 0.816. The van der Waals surface area contributed by atoms with Gasteiger partial charge in [-0.2, -0.15) is 4.31 Å². The highest BCUT2D eigenvalue weighted by Gasteiger charge is 2.36. The van der Waals surface area contributed by atoms with E-state index in [9.17, 15) is 13.2 Å². The van der Waals surface area contributed by atoms with E-state index in [0.29, 0.717) is 43.4 Å². The highest BCUT2D eigenvalue weighted by Crippen LogP contribution is 2.33. The Morgan fingerprint density at radius 1 is 1.19 bits per heavy atom. The first kappa shape index (κ1) is 18.1. The molecule has 144 valence electrons. The first-order chi connectivity index (χ1) is 12.9. The molecular formula is C17H22N6O3S. The second-order valence-corrected chi connectivity index (χ2v) is 8.91. The first-order valence-corrected chi connectivity index (χ1v) is 10.9. The minimum Gasteiger partial charge on any atom is -0.329 e. The van der Waals surface area contributed by atoms with Gasteiger partial charge in [-0.25, -0.2) is 8.42 Å². The second-order valence-electron chi connectivity index (χ2n) is 6.98. The molecule has 1 fully saturated rings. The van der Waals surface area contributed by atoms with Crippen molar-refractivity contribution in [1.29, 1.82) is 0 Å². The molecule has 2 aliphatic rings. The van der Waals surface area contributed by atoms with Gasteiger partial charge < -0.3 is 9.47 Å². The van der Waals surface area contributed by atoms with Crippen molar-refractivity contribution < 1.29 is 13.2 Å². The molecule has 0 saturated carbocycles. The van der Waals surface area contributed by atoms with E-state index >= 15 is 0 Å². The minimum atomic E-state index is -3.31. The quantitative estimate of drug-likeness (QED) is 0.769. The number of rotatable bonds is 3. The number of sulfonamides is 1. The number of piperidine rings is 1. The van der Waals surface area contributed by atoms with Crippen molar-refractivity contribution in [3.8, 4) is 0 Å². The molecule has 0 radical (unpaired) electrons. The Morgan fingerprint density at radius 3 is 2.78 bits per heavy atom. The van der Waals surface area contributed by atoms with E-state index in [1.54, 1.807) is 29.4 Å². The molecule has 1 amide bonds. The fourth-order valence-electron chi connectivity index (χ4n) is 3.83. The van der Waals surface area contributed by atoms with Crippen molar-refractivity contribution >= 4 is 15.9 Å². The summed E-state index contributed by atoms with van der Waals surface area (Å²) in [5.74, 6) is 1.28. The summed E-state index contributed by atoms with van der Waals surface area (Å²) in [4.78, 5) is 18.4. The number of carbonyl (C=O) groups is 1. The van der Waals surface area contributed by atoms with Gasteiger partial charge in [0.25, 0.3) is 5.91 Å². The number of aromatic nitrogens is 4. The number of hydrogen-bond donors (Lipinski definition) is 0. The molecule has 0 N–H and O–H groups in total. The zero-order valence-corrected chi connectivity index (χ0v) is 16.0. The third kappa shape index (κ3) is 3.46. The number of hydrogen-bond acceptors (Lipinski definition) is 6. The molecule has 0 aromatic carbocycles. The summed E-state index contributed by atoms with van der Waals surface area (Å²) in [6.45, 7) is 1.94. The van der Waals surface area contributed by atoms with Gasteiger partial charge in [-0.3, -0.25) is 9.78 Å². The van der Waals surface area contributed by atoms with E-state index in [1.807, 2.05) is 4.57 Å². The van der Waals surface area contributed by atoms with Crippen molar-refractivity contribution in [3.63, 3.8) is 0 Å². The van der Waals surface area contributed by atoms with Crippen LogP contribution in [0.2, 0.25) is 0 Å². The first-order valence-electron chi connectivity index (χ1n) is 9.03. The summed E-state index contributed by atoms with van der Waals surface area (Å²) >= 11 is 0. The van der Waals surface area contributed by atoms with Crippen molar-refractivity contribution in [2.75, 3.05) is 19.3 Å². The lowest BCUT2D eigenvalue weighted by atomic mass is 10.0. The molecule has 2 aromatic rings. The smallest absolute Gasteiger partial charge is 0.255 e. The summed E-state index contributed by atoms with van der Waals surface area (Å²) in [7, 11) is -3.31. The fraction of sp³-hybridized carbons (Fsp3) is 0.529. The Hall–Kier alpha value is -2.33. The number of nitrogens with zero attached hydrogens (tertiary/aromatic N) is 6. The summed E-state index contributed by atoms with van der Waals surface area (Å²) in [5, 5.41) is 8.56. The van der Waals surface area contributed by atoms with Crippen LogP contribution in [0.4, 0.5) is 0 Å². The zero-order chi connectivity index (χ0) is 19.0. The Bertz CT molecular complexity index is 943. The van der Waals surface area contributed by atoms with Crippen LogP contribution in [0.3, 0.4) is 0 Å². The molecule has 0 bridgehead atoms. The second kappa shape index (κ2) is 7.01. The Morgan fingerprint density at radius 2 is 2.04 bits per heavy atom. The average Bonchev–Trinajstić information content (AvgIpc) is 3.10. The minimum absolute atomic E-state index is 0.0886. The molecule has 4 rings (SSSR count). The van der Waals surface area contributed by atoms with Gasteiger partial charge in [0.2, 0.25) is 10.0 Å². The van der Waals surface area contributed by atoms with Gasteiger partial charge in [0, 0.05) is 32.0 Å². The van der Waals surface area contributed by atoms with Gasteiger partial charge in [-0.15, -0.1) is 10.2 Å². The third-order valence-corrected chi connectivity index (χ3v) is 6.44. The molecule has 2 aliphatic heterocycles. The van der Waals surface area contributed by atoms with E-state index in [1.165, 1.54) is 10.6 Å². The maximum Gasteiger partial charge on any atom is 0.255 e. The summed E-state index contributed by atoms with van der Waals surface area (Å²) in [6.07, 6.45) is 6.99. The lowest BCUT2D eigenvalue weighted by molar-refractivity contribution is 0.0704. The molecule has 27 heavy (non-hydrogen) atoms. The van der Waals surface area contributed by atoms with E-state index < -0.39 is 10.0 Å². The number of carbonyl (C=O) groups excluding carboxylic acids is 1. The van der Waals surface area contributed by atoms with Crippen molar-refractivity contribution in [1.82, 2.24) is 29.0 Å². The van der Waals surface area contributed by atoms with Gasteiger partial charge in [-0.05, 0) is 25.0 Å². The Balaban J connectivity index is 1.58. The number of pyridine rings is 1. The Kier molecular flexibility index (Phi) is 4.68. The molecule has 9 nitrogen and oxygen atoms in total. The van der Waals surface area contributed by atoms with Crippen LogP contribution in [0.25, 0.3) is 0 Å². The van der Waals surface area contributed by atoms with E-state index in [2.05, 4.69) is 15.2 Å². The van der Waals surface area contributed by atoms with E-state index in [4.69, 9.17) is 0 Å². The molecule has 1 unspecified atom stereocenters. The monoisotopic (exact) mass is 390 g/mol. The van der Waals surface area contributed by atoms with Crippen molar-refractivity contribution in [2.45, 2.75) is 38.4 Å². The van der Waals surface area contributed by atoms with Crippen LogP contribution in [-0.2, 0) is 23.1 Å². The molecule has 10 heteroatoms. The topological polar surface area (TPSA) is 101 Å². The van der Waals surface area contributed by atoms with Crippen molar-refractivity contribution in [3.05, 3.63) is 41.7 Å². The standard InChI is InChI=1S/C17H22N6O3S/c1-27(25,26)23-8-3-2-6-14(23)16-20-19-15-12-21(9-10-22(15)16)17(24)13-5-4-7-18-11-13/h4-5,7,11,14H,2-3,6,8-10,12H2,1H3. The summed E-state index contributed by atoms with van der Waals surface area (Å²) < 4.78 is 27.8. The largest absolute Gasteiger partial charge is 0.329 e. The molecule has 1 saturated heterocycles. The van der Waals surface area contributed by atoms with Crippen LogP contribution >= 0.6 is 0 Å². The Labute approximate surface area is 158 Å². The predicted molar refractivity (Wildman–Crippen MR) is 97.1 cm³/mol. The molecule has 1 atom stereocenters. The van der Waals surface area contributed by atoms with Crippen LogP contribution < -0.4 is 0 Å². The van der Waals surface area contributed by atoms with Gasteiger partial charge in [0.05, 0.1) is 24.4 Å². The normalized spacial score (nSPS) is 21.1. The van der Waals surface area contributed by atoms with Crippen LogP contribution in [0.15, 0.2) is 24.5 Å². The summed E-state index contributed by atoms with van der Waals surface area (Å²) in [6, 6.07) is 3.20. The highest BCUT2D eigenvalue weighted by molar-refractivity contribution is 7.88. The molecule has 4 heterocycles. The van der Waals surface area contributed by atoms with Crippen LogP contribution in [0.1, 0.15) is 47.3 Å². The molecular weight excluding hydrogens is 368 g/mol. The van der Waals surface area contributed by atoms with E-state index in [0.717, 1.165) is 19.3 Å². The highest BCUT2D eigenvalue weighted by atomic mass is 32.2. The molecule has 0 aliphatic carbocycles. The number of amides is 1.